The highest BCUT2D eigenvalue weighted by Gasteiger charge is 2.35. The number of allylic oxidation sites excluding steroid dienone is 1. The Bertz CT molecular complexity index is 1610. The number of benzene rings is 3. The standard InChI is InChI=1S/C29H20F3NO5S/c1-16-27(33-14-39-16)26-21-8-6-19(35-10-11-36-20-7-9-23-24(13-20)38-15-37-23)12-22(21)28(34)25(26)17-2-4-18(5-3-17)29(30,31)32/h2-9,12-14H,10-11,15H2,1H3. The van der Waals surface area contributed by atoms with Gasteiger partial charge in [0.2, 0.25) is 6.79 Å². The Morgan fingerprint density at radius 3 is 2.26 bits per heavy atom. The lowest BCUT2D eigenvalue weighted by atomic mass is 9.96. The summed E-state index contributed by atoms with van der Waals surface area (Å²) in [5, 5.41) is 0. The number of rotatable bonds is 7. The van der Waals surface area contributed by atoms with E-state index in [1.165, 1.54) is 23.5 Å². The van der Waals surface area contributed by atoms with E-state index in [9.17, 15) is 18.0 Å². The fraction of sp³-hybridized carbons (Fsp3) is 0.172. The summed E-state index contributed by atoms with van der Waals surface area (Å²) in [7, 11) is 0. The third-order valence-corrected chi connectivity index (χ3v) is 7.19. The number of carbonyl (C=O) groups is 1. The molecule has 10 heteroatoms. The minimum absolute atomic E-state index is 0.179. The van der Waals surface area contributed by atoms with Crippen LogP contribution in [-0.4, -0.2) is 30.8 Å². The molecular weight excluding hydrogens is 531 g/mol. The molecule has 0 atom stereocenters. The summed E-state index contributed by atoms with van der Waals surface area (Å²) in [6, 6.07) is 15.1. The molecule has 2 aliphatic rings. The SMILES string of the molecule is Cc1scnc1C1=C(c2ccc(C(F)(F)F)cc2)C(=O)c2cc(OCCOc3ccc4c(c3)OCO4)ccc21. The fourth-order valence-electron chi connectivity index (χ4n) is 4.58. The zero-order chi connectivity index (χ0) is 27.1. The van der Waals surface area contributed by atoms with E-state index in [2.05, 4.69) is 4.98 Å². The first-order valence-electron chi connectivity index (χ1n) is 12.0. The summed E-state index contributed by atoms with van der Waals surface area (Å²) in [6.45, 7) is 2.55. The second kappa shape index (κ2) is 9.77. The van der Waals surface area contributed by atoms with Gasteiger partial charge in [0.05, 0.1) is 16.8 Å². The summed E-state index contributed by atoms with van der Waals surface area (Å²) in [5.41, 5.74) is 3.91. The van der Waals surface area contributed by atoms with Crippen LogP contribution in [0.3, 0.4) is 0 Å². The molecule has 0 bridgehead atoms. The van der Waals surface area contributed by atoms with Gasteiger partial charge in [-0.25, -0.2) is 4.98 Å². The number of hydrogen-bond donors (Lipinski definition) is 0. The summed E-state index contributed by atoms with van der Waals surface area (Å²) in [5.74, 6) is 2.07. The molecular formula is C29H20F3NO5S. The Balaban J connectivity index is 1.23. The van der Waals surface area contributed by atoms with Crippen molar-refractivity contribution in [3.8, 4) is 23.0 Å². The first-order valence-corrected chi connectivity index (χ1v) is 12.8. The summed E-state index contributed by atoms with van der Waals surface area (Å²) in [4.78, 5) is 19.0. The van der Waals surface area contributed by atoms with Gasteiger partial charge in [-0.05, 0) is 60.5 Å². The van der Waals surface area contributed by atoms with Crippen LogP contribution in [0.1, 0.15) is 37.6 Å². The molecule has 0 fully saturated rings. The van der Waals surface area contributed by atoms with E-state index >= 15 is 0 Å². The lowest BCUT2D eigenvalue weighted by molar-refractivity contribution is -0.137. The molecule has 0 saturated carbocycles. The molecule has 6 rings (SSSR count). The van der Waals surface area contributed by atoms with Gasteiger partial charge in [0.15, 0.2) is 17.3 Å². The molecule has 0 amide bonds. The Kier molecular flexibility index (Phi) is 6.26. The maximum absolute atomic E-state index is 13.6. The number of ether oxygens (including phenoxy) is 4. The Morgan fingerprint density at radius 2 is 1.56 bits per heavy atom. The fourth-order valence-corrected chi connectivity index (χ4v) is 5.16. The van der Waals surface area contributed by atoms with E-state index in [0.29, 0.717) is 56.5 Å². The first-order chi connectivity index (χ1) is 18.8. The van der Waals surface area contributed by atoms with Gasteiger partial charge in [-0.3, -0.25) is 4.79 Å². The molecule has 39 heavy (non-hydrogen) atoms. The van der Waals surface area contributed by atoms with Crippen molar-refractivity contribution in [2.45, 2.75) is 13.1 Å². The molecule has 4 aromatic rings. The molecule has 0 saturated heterocycles. The van der Waals surface area contributed by atoms with Gasteiger partial charge in [-0.15, -0.1) is 11.3 Å². The van der Waals surface area contributed by atoms with Crippen LogP contribution in [0.5, 0.6) is 23.0 Å². The predicted molar refractivity (Wildman–Crippen MR) is 139 cm³/mol. The molecule has 0 unspecified atom stereocenters. The van der Waals surface area contributed by atoms with Gasteiger partial charge in [0, 0.05) is 27.7 Å². The number of fused-ring (bicyclic) bond motifs is 2. The van der Waals surface area contributed by atoms with E-state index in [1.54, 1.807) is 41.9 Å². The molecule has 0 spiro atoms. The van der Waals surface area contributed by atoms with Crippen molar-refractivity contribution in [1.29, 1.82) is 0 Å². The highest BCUT2D eigenvalue weighted by atomic mass is 32.1. The van der Waals surface area contributed by atoms with Crippen molar-refractivity contribution in [3.63, 3.8) is 0 Å². The predicted octanol–water partition coefficient (Wildman–Crippen LogP) is 6.81. The van der Waals surface area contributed by atoms with Crippen LogP contribution in [0.15, 0.2) is 66.2 Å². The van der Waals surface area contributed by atoms with Crippen LogP contribution in [0.25, 0.3) is 11.1 Å². The van der Waals surface area contributed by atoms with Gasteiger partial charge in [-0.1, -0.05) is 12.1 Å². The second-order valence-corrected chi connectivity index (χ2v) is 9.89. The van der Waals surface area contributed by atoms with Gasteiger partial charge >= 0.3 is 6.18 Å². The van der Waals surface area contributed by atoms with Gasteiger partial charge in [0.1, 0.15) is 24.7 Å². The number of aryl methyl sites for hydroxylation is 1. The summed E-state index contributed by atoms with van der Waals surface area (Å²) < 4.78 is 61.6. The maximum atomic E-state index is 13.6. The average molecular weight is 552 g/mol. The van der Waals surface area contributed by atoms with Crippen LogP contribution >= 0.6 is 11.3 Å². The highest BCUT2D eigenvalue weighted by Crippen LogP contribution is 2.44. The Hall–Kier alpha value is -4.31. The number of thiazole rings is 1. The number of Topliss-reactive ketones (excluding diaryl/α,β-unsaturated/α-hetero) is 1. The smallest absolute Gasteiger partial charge is 0.416 e. The highest BCUT2D eigenvalue weighted by molar-refractivity contribution is 7.09. The second-order valence-electron chi connectivity index (χ2n) is 8.83. The number of nitrogens with zero attached hydrogens (tertiary/aromatic N) is 1. The summed E-state index contributed by atoms with van der Waals surface area (Å²) >= 11 is 1.43. The van der Waals surface area contributed by atoms with Crippen molar-refractivity contribution in [2.24, 2.45) is 0 Å². The van der Waals surface area contributed by atoms with E-state index in [-0.39, 0.29) is 25.8 Å². The van der Waals surface area contributed by atoms with Crippen LogP contribution in [0.2, 0.25) is 0 Å². The zero-order valence-electron chi connectivity index (χ0n) is 20.5. The van der Waals surface area contributed by atoms with Crippen LogP contribution in [0, 0.1) is 6.92 Å². The molecule has 198 valence electrons. The zero-order valence-corrected chi connectivity index (χ0v) is 21.3. The molecule has 0 N–H and O–H groups in total. The van der Waals surface area contributed by atoms with E-state index in [4.69, 9.17) is 18.9 Å². The third kappa shape index (κ3) is 4.72. The Labute approximate surface area is 225 Å². The van der Waals surface area contributed by atoms with E-state index in [0.717, 1.165) is 17.0 Å². The first kappa shape index (κ1) is 25.0. The van der Waals surface area contributed by atoms with Gasteiger partial charge in [-0.2, -0.15) is 13.2 Å². The molecule has 1 aromatic heterocycles. The van der Waals surface area contributed by atoms with Gasteiger partial charge in [0.25, 0.3) is 0 Å². The molecule has 1 aliphatic heterocycles. The van der Waals surface area contributed by atoms with Crippen molar-refractivity contribution < 1.29 is 36.9 Å². The number of halogens is 3. The largest absolute Gasteiger partial charge is 0.490 e. The Morgan fingerprint density at radius 1 is 0.872 bits per heavy atom. The molecule has 0 radical (unpaired) electrons. The number of aromatic nitrogens is 1. The van der Waals surface area contributed by atoms with Crippen molar-refractivity contribution >= 4 is 28.3 Å². The van der Waals surface area contributed by atoms with Crippen LogP contribution < -0.4 is 18.9 Å². The summed E-state index contributed by atoms with van der Waals surface area (Å²) in [6.07, 6.45) is -4.47. The maximum Gasteiger partial charge on any atom is 0.416 e. The van der Waals surface area contributed by atoms with Gasteiger partial charge < -0.3 is 18.9 Å². The molecule has 1 aliphatic carbocycles. The number of ketones is 1. The van der Waals surface area contributed by atoms with Crippen LogP contribution in [0.4, 0.5) is 13.2 Å². The van der Waals surface area contributed by atoms with Crippen molar-refractivity contribution in [1.82, 2.24) is 4.98 Å². The van der Waals surface area contributed by atoms with Crippen molar-refractivity contribution in [3.05, 3.63) is 99.0 Å². The number of alkyl halides is 3. The third-order valence-electron chi connectivity index (χ3n) is 6.43. The lowest BCUT2D eigenvalue weighted by Gasteiger charge is -2.10. The van der Waals surface area contributed by atoms with Crippen LogP contribution in [-0.2, 0) is 6.18 Å². The molecule has 3 aromatic carbocycles. The lowest BCUT2D eigenvalue weighted by Crippen LogP contribution is -2.09. The van der Waals surface area contributed by atoms with E-state index < -0.39 is 11.7 Å². The topological polar surface area (TPSA) is 66.9 Å². The normalized spacial score (nSPS) is 14.1. The number of carbonyl (C=O) groups excluding carboxylic acids is 1. The molecule has 6 nitrogen and oxygen atoms in total. The van der Waals surface area contributed by atoms with E-state index in [1.807, 2.05) is 6.92 Å². The monoisotopic (exact) mass is 551 g/mol. The number of hydrogen-bond acceptors (Lipinski definition) is 7. The average Bonchev–Trinajstić information content (AvgIpc) is 3.63. The minimum atomic E-state index is -4.47. The minimum Gasteiger partial charge on any atom is -0.490 e. The molecule has 2 heterocycles. The quantitative estimate of drug-likeness (QED) is 0.235. The van der Waals surface area contributed by atoms with Crippen molar-refractivity contribution in [2.75, 3.05) is 20.0 Å².